The highest BCUT2D eigenvalue weighted by molar-refractivity contribution is 5.99. The number of amides is 2. The summed E-state index contributed by atoms with van der Waals surface area (Å²) in [5.41, 5.74) is 0.374. The summed E-state index contributed by atoms with van der Waals surface area (Å²) < 4.78 is 13.5. The lowest BCUT2D eigenvalue weighted by Gasteiger charge is -2.12. The molecule has 5 nitrogen and oxygen atoms in total. The fraction of sp³-hybridized carbons (Fsp3) is 0.467. The van der Waals surface area contributed by atoms with Gasteiger partial charge >= 0.3 is 0 Å². The number of carbonyl (C=O) groups excluding carboxylic acids is 2. The van der Waals surface area contributed by atoms with E-state index >= 15 is 0 Å². The fourth-order valence-electron chi connectivity index (χ4n) is 1.80. The Bertz CT molecular complexity index is 506. The molecule has 0 bridgehead atoms. The minimum atomic E-state index is -0.486. The third-order valence-corrected chi connectivity index (χ3v) is 3.17. The molecule has 0 saturated heterocycles. The second-order valence-electron chi connectivity index (χ2n) is 4.80. The van der Waals surface area contributed by atoms with Crippen LogP contribution in [0.1, 0.15) is 37.0 Å². The number of halogens is 1. The third kappa shape index (κ3) is 5.06. The zero-order chi connectivity index (χ0) is 15.8. The highest BCUT2D eigenvalue weighted by Gasteiger charge is 2.14. The number of carbonyl (C=O) groups is 2. The standard InChI is InChI=1S/C15H22FN3O2/c1-4-10(2)19-13(20)8-9-18-15(21)11-6-5-7-12(16)14(11)17-3/h5-7,10,17H,4,8-9H2,1-3H3,(H,18,21)(H,19,20). The predicted molar refractivity (Wildman–Crippen MR) is 80.8 cm³/mol. The Labute approximate surface area is 124 Å². The lowest BCUT2D eigenvalue weighted by Crippen LogP contribution is -2.35. The van der Waals surface area contributed by atoms with Gasteiger partial charge in [-0.2, -0.15) is 0 Å². The molecule has 1 rings (SSSR count). The lowest BCUT2D eigenvalue weighted by molar-refractivity contribution is -0.121. The van der Waals surface area contributed by atoms with Crippen molar-refractivity contribution in [2.75, 3.05) is 18.9 Å². The number of hydrogen-bond acceptors (Lipinski definition) is 3. The smallest absolute Gasteiger partial charge is 0.253 e. The van der Waals surface area contributed by atoms with Crippen LogP contribution >= 0.6 is 0 Å². The summed E-state index contributed by atoms with van der Waals surface area (Å²) >= 11 is 0. The molecule has 2 amide bonds. The quantitative estimate of drug-likeness (QED) is 0.719. The second kappa shape index (κ2) is 8.24. The van der Waals surface area contributed by atoms with Crippen LogP contribution in [0.3, 0.4) is 0 Å². The Hall–Kier alpha value is -2.11. The van der Waals surface area contributed by atoms with Gasteiger partial charge in [-0.15, -0.1) is 0 Å². The van der Waals surface area contributed by atoms with E-state index < -0.39 is 11.7 Å². The van der Waals surface area contributed by atoms with Crippen molar-refractivity contribution in [2.24, 2.45) is 0 Å². The molecular formula is C15H22FN3O2. The molecule has 0 fully saturated rings. The van der Waals surface area contributed by atoms with E-state index in [2.05, 4.69) is 16.0 Å². The Morgan fingerprint density at radius 1 is 1.33 bits per heavy atom. The first kappa shape index (κ1) is 16.9. The van der Waals surface area contributed by atoms with Crippen LogP contribution in [-0.2, 0) is 4.79 Å². The summed E-state index contributed by atoms with van der Waals surface area (Å²) in [7, 11) is 1.55. The molecule has 0 aromatic heterocycles. The Kier molecular flexibility index (Phi) is 6.65. The number of nitrogens with one attached hydrogen (secondary N) is 3. The predicted octanol–water partition coefficient (Wildman–Crippen LogP) is 1.90. The van der Waals surface area contributed by atoms with Gasteiger partial charge in [-0.25, -0.2) is 4.39 Å². The maximum atomic E-state index is 13.5. The van der Waals surface area contributed by atoms with Gasteiger partial charge in [0.2, 0.25) is 5.91 Å². The highest BCUT2D eigenvalue weighted by atomic mass is 19.1. The molecule has 0 aliphatic carbocycles. The van der Waals surface area contributed by atoms with E-state index in [1.807, 2.05) is 13.8 Å². The molecule has 21 heavy (non-hydrogen) atoms. The molecular weight excluding hydrogens is 273 g/mol. The Balaban J connectivity index is 2.52. The van der Waals surface area contributed by atoms with Gasteiger partial charge in [0.1, 0.15) is 5.82 Å². The molecule has 3 N–H and O–H groups in total. The number of rotatable bonds is 7. The molecule has 116 valence electrons. The average Bonchev–Trinajstić information content (AvgIpc) is 2.46. The molecule has 1 aromatic rings. The zero-order valence-electron chi connectivity index (χ0n) is 12.6. The van der Waals surface area contributed by atoms with Crippen LogP contribution in [0.15, 0.2) is 18.2 Å². The maximum Gasteiger partial charge on any atom is 0.253 e. The monoisotopic (exact) mass is 295 g/mol. The van der Waals surface area contributed by atoms with Crippen molar-refractivity contribution in [3.8, 4) is 0 Å². The zero-order valence-corrected chi connectivity index (χ0v) is 12.6. The van der Waals surface area contributed by atoms with Crippen molar-refractivity contribution in [3.63, 3.8) is 0 Å². The number of anilines is 1. The van der Waals surface area contributed by atoms with Gasteiger partial charge < -0.3 is 16.0 Å². The van der Waals surface area contributed by atoms with E-state index in [1.54, 1.807) is 7.05 Å². The summed E-state index contributed by atoms with van der Waals surface area (Å²) in [5, 5.41) is 8.09. The van der Waals surface area contributed by atoms with Crippen molar-refractivity contribution in [2.45, 2.75) is 32.7 Å². The first-order valence-corrected chi connectivity index (χ1v) is 7.03. The van der Waals surface area contributed by atoms with Gasteiger partial charge in [0.15, 0.2) is 0 Å². The largest absolute Gasteiger partial charge is 0.385 e. The normalized spacial score (nSPS) is 11.6. The first-order valence-electron chi connectivity index (χ1n) is 7.03. The summed E-state index contributed by atoms with van der Waals surface area (Å²) in [4.78, 5) is 23.6. The van der Waals surface area contributed by atoms with E-state index in [-0.39, 0.29) is 36.2 Å². The maximum absolute atomic E-state index is 13.5. The van der Waals surface area contributed by atoms with E-state index in [9.17, 15) is 14.0 Å². The van der Waals surface area contributed by atoms with E-state index in [4.69, 9.17) is 0 Å². The van der Waals surface area contributed by atoms with E-state index in [0.29, 0.717) is 0 Å². The minimum absolute atomic E-state index is 0.113. The van der Waals surface area contributed by atoms with Gasteiger partial charge in [-0.05, 0) is 25.5 Å². The molecule has 1 atom stereocenters. The Morgan fingerprint density at radius 3 is 2.67 bits per heavy atom. The van der Waals surface area contributed by atoms with Crippen molar-refractivity contribution in [3.05, 3.63) is 29.6 Å². The van der Waals surface area contributed by atoms with Gasteiger partial charge in [0, 0.05) is 26.1 Å². The average molecular weight is 295 g/mol. The number of para-hydroxylation sites is 1. The molecule has 1 aromatic carbocycles. The minimum Gasteiger partial charge on any atom is -0.385 e. The summed E-state index contributed by atoms with van der Waals surface area (Å²) in [6.07, 6.45) is 1.05. The van der Waals surface area contributed by atoms with Crippen LogP contribution in [0, 0.1) is 5.82 Å². The van der Waals surface area contributed by atoms with Gasteiger partial charge in [0.05, 0.1) is 11.3 Å². The highest BCUT2D eigenvalue weighted by Crippen LogP contribution is 2.18. The second-order valence-corrected chi connectivity index (χ2v) is 4.80. The van der Waals surface area contributed by atoms with Crippen LogP contribution in [0.25, 0.3) is 0 Å². The van der Waals surface area contributed by atoms with Crippen LogP contribution in [0.2, 0.25) is 0 Å². The fourth-order valence-corrected chi connectivity index (χ4v) is 1.80. The Morgan fingerprint density at radius 2 is 2.05 bits per heavy atom. The van der Waals surface area contributed by atoms with Gasteiger partial charge in [-0.3, -0.25) is 9.59 Å². The molecule has 6 heteroatoms. The molecule has 0 aliphatic heterocycles. The molecule has 0 radical (unpaired) electrons. The molecule has 1 unspecified atom stereocenters. The molecule has 0 saturated carbocycles. The number of benzene rings is 1. The van der Waals surface area contributed by atoms with E-state index in [1.165, 1.54) is 18.2 Å². The van der Waals surface area contributed by atoms with Crippen molar-refractivity contribution in [1.82, 2.24) is 10.6 Å². The topological polar surface area (TPSA) is 70.2 Å². The molecule has 0 heterocycles. The van der Waals surface area contributed by atoms with Crippen molar-refractivity contribution >= 4 is 17.5 Å². The van der Waals surface area contributed by atoms with Crippen LogP contribution in [-0.4, -0.2) is 31.4 Å². The van der Waals surface area contributed by atoms with Crippen LogP contribution in [0.5, 0.6) is 0 Å². The first-order chi connectivity index (χ1) is 9.99. The van der Waals surface area contributed by atoms with Crippen molar-refractivity contribution < 1.29 is 14.0 Å². The van der Waals surface area contributed by atoms with Gasteiger partial charge in [0.25, 0.3) is 5.91 Å². The van der Waals surface area contributed by atoms with Crippen LogP contribution in [0.4, 0.5) is 10.1 Å². The van der Waals surface area contributed by atoms with Crippen LogP contribution < -0.4 is 16.0 Å². The molecule has 0 spiro atoms. The van der Waals surface area contributed by atoms with Gasteiger partial charge in [-0.1, -0.05) is 13.0 Å². The third-order valence-electron chi connectivity index (χ3n) is 3.17. The summed E-state index contributed by atoms with van der Waals surface area (Å²) in [6.45, 7) is 4.11. The number of hydrogen-bond donors (Lipinski definition) is 3. The molecule has 0 aliphatic rings. The summed E-state index contributed by atoms with van der Waals surface area (Å²) in [6, 6.07) is 4.40. The SMILES string of the molecule is CCC(C)NC(=O)CCNC(=O)c1cccc(F)c1NC. The van der Waals surface area contributed by atoms with Crippen molar-refractivity contribution in [1.29, 1.82) is 0 Å². The lowest BCUT2D eigenvalue weighted by atomic mass is 10.1. The van der Waals surface area contributed by atoms with E-state index in [0.717, 1.165) is 6.42 Å². The summed E-state index contributed by atoms with van der Waals surface area (Å²) in [5.74, 6) is -1.01.